The molecule has 4 nitrogen and oxygen atoms in total. The topological polar surface area (TPSA) is 104 Å². The molecule has 0 unspecified atom stereocenters. The normalized spacial score (nSPS) is 10.3. The number of fused-ring (bicyclic) bond motifs is 2. The van der Waals surface area contributed by atoms with Crippen molar-refractivity contribution in [3.05, 3.63) is 72.8 Å². The fraction of sp³-hybridized carbons (Fsp3) is 0. The van der Waals surface area contributed by atoms with Crippen molar-refractivity contribution < 1.29 is 0 Å². The highest BCUT2D eigenvalue weighted by molar-refractivity contribution is 6.01. The summed E-state index contributed by atoms with van der Waals surface area (Å²) in [6.45, 7) is 0. The highest BCUT2D eigenvalue weighted by atomic mass is 14.6. The minimum Gasteiger partial charge on any atom is -0.399 e. The van der Waals surface area contributed by atoms with Crippen LogP contribution in [0.1, 0.15) is 0 Å². The summed E-state index contributed by atoms with van der Waals surface area (Å²) in [4.78, 5) is 0. The van der Waals surface area contributed by atoms with Crippen molar-refractivity contribution in [1.82, 2.24) is 0 Å². The lowest BCUT2D eigenvalue weighted by molar-refractivity contribution is 1.71. The second kappa shape index (κ2) is 6.38. The van der Waals surface area contributed by atoms with Crippen molar-refractivity contribution in [3.63, 3.8) is 0 Å². The van der Waals surface area contributed by atoms with Crippen LogP contribution in [0.2, 0.25) is 0 Å². The summed E-state index contributed by atoms with van der Waals surface area (Å²) in [5, 5.41) is 4.21. The van der Waals surface area contributed by atoms with E-state index in [0.717, 1.165) is 38.6 Å². The van der Waals surface area contributed by atoms with Crippen molar-refractivity contribution in [2.75, 3.05) is 22.9 Å². The van der Waals surface area contributed by atoms with E-state index in [-0.39, 0.29) is 0 Å². The van der Waals surface area contributed by atoms with Crippen molar-refractivity contribution in [2.45, 2.75) is 0 Å². The number of nitrogen functional groups attached to an aromatic ring is 4. The maximum Gasteiger partial charge on any atom is 0.0414 e. The Kier molecular flexibility index (Phi) is 4.12. The molecule has 4 rings (SSSR count). The minimum absolute atomic E-state index is 0.714. The van der Waals surface area contributed by atoms with Gasteiger partial charge >= 0.3 is 0 Å². The van der Waals surface area contributed by atoms with Crippen LogP contribution < -0.4 is 22.9 Å². The van der Waals surface area contributed by atoms with Gasteiger partial charge in [-0.3, -0.25) is 0 Å². The van der Waals surface area contributed by atoms with Gasteiger partial charge in [0.15, 0.2) is 0 Å². The van der Waals surface area contributed by atoms with Crippen molar-refractivity contribution in [2.24, 2.45) is 0 Å². The molecule has 0 bridgehead atoms. The summed E-state index contributed by atoms with van der Waals surface area (Å²) in [7, 11) is 0. The van der Waals surface area contributed by atoms with E-state index < -0.39 is 0 Å². The van der Waals surface area contributed by atoms with Crippen LogP contribution in [0.5, 0.6) is 0 Å². The van der Waals surface area contributed by atoms with Crippen LogP contribution in [-0.4, -0.2) is 0 Å². The zero-order valence-corrected chi connectivity index (χ0v) is 13.2. The summed E-state index contributed by atoms with van der Waals surface area (Å²) in [6, 6.07) is 23.2. The van der Waals surface area contributed by atoms with E-state index in [1.807, 2.05) is 66.7 Å². The number of anilines is 4. The summed E-state index contributed by atoms with van der Waals surface area (Å²) < 4.78 is 0. The Morgan fingerprint density at radius 2 is 1.08 bits per heavy atom. The first-order valence-corrected chi connectivity index (χ1v) is 7.62. The Morgan fingerprint density at radius 1 is 0.500 bits per heavy atom. The Hall–Kier alpha value is -3.40. The van der Waals surface area contributed by atoms with Crippen LogP contribution in [0.4, 0.5) is 22.7 Å². The lowest BCUT2D eigenvalue weighted by Gasteiger charge is -2.03. The molecule has 0 amide bonds. The molecule has 120 valence electrons. The maximum absolute atomic E-state index is 5.78. The van der Waals surface area contributed by atoms with Gasteiger partial charge < -0.3 is 22.9 Å². The number of rotatable bonds is 0. The second-order valence-electron chi connectivity index (χ2n) is 5.62. The van der Waals surface area contributed by atoms with Crippen molar-refractivity contribution in [1.29, 1.82) is 0 Å². The van der Waals surface area contributed by atoms with E-state index in [0.29, 0.717) is 5.69 Å². The van der Waals surface area contributed by atoms with E-state index in [1.54, 1.807) is 6.07 Å². The molecule has 0 aliphatic rings. The molecule has 0 saturated heterocycles. The SMILES string of the molecule is Nc1cc(N)c2ccccc2c1.Nc1cccc2cccc(N)c12. The molecule has 0 saturated carbocycles. The molecule has 24 heavy (non-hydrogen) atoms. The van der Waals surface area contributed by atoms with Crippen LogP contribution in [0.3, 0.4) is 0 Å². The van der Waals surface area contributed by atoms with Gasteiger partial charge in [-0.2, -0.15) is 0 Å². The Morgan fingerprint density at radius 3 is 1.71 bits per heavy atom. The Labute approximate surface area is 140 Å². The fourth-order valence-electron chi connectivity index (χ4n) is 2.76. The second-order valence-corrected chi connectivity index (χ2v) is 5.62. The molecule has 0 aromatic heterocycles. The van der Waals surface area contributed by atoms with Gasteiger partial charge in [-0.1, -0.05) is 48.5 Å². The average molecular weight is 316 g/mol. The number of hydrogen-bond acceptors (Lipinski definition) is 4. The molecule has 0 heterocycles. The van der Waals surface area contributed by atoms with Crippen LogP contribution >= 0.6 is 0 Å². The zero-order valence-electron chi connectivity index (χ0n) is 13.2. The lowest BCUT2D eigenvalue weighted by Crippen LogP contribution is -1.91. The first-order valence-electron chi connectivity index (χ1n) is 7.62. The highest BCUT2D eigenvalue weighted by Crippen LogP contribution is 2.26. The van der Waals surface area contributed by atoms with Crippen LogP contribution in [0, 0.1) is 0 Å². The molecule has 0 fully saturated rings. The van der Waals surface area contributed by atoms with Gasteiger partial charge in [0, 0.05) is 33.5 Å². The van der Waals surface area contributed by atoms with Gasteiger partial charge in [0.1, 0.15) is 0 Å². The summed E-state index contributed by atoms with van der Waals surface area (Å²) in [5.41, 5.74) is 25.9. The third-order valence-corrected chi connectivity index (χ3v) is 3.89. The highest BCUT2D eigenvalue weighted by Gasteiger charge is 1.99. The van der Waals surface area contributed by atoms with E-state index in [2.05, 4.69) is 0 Å². The quantitative estimate of drug-likeness (QED) is 0.368. The maximum atomic E-state index is 5.78. The molecule has 8 N–H and O–H groups in total. The first kappa shape index (κ1) is 15.5. The third kappa shape index (κ3) is 3.03. The standard InChI is InChI=1S/2C10H10N2/c11-8-5-1-3-7-4-2-6-9(12)10(7)8;11-8-5-7-3-1-2-4-9(7)10(12)6-8/h2*1-6H,11-12H2. The summed E-state index contributed by atoms with van der Waals surface area (Å²) in [6.07, 6.45) is 0. The molecular formula is C20H20N4. The summed E-state index contributed by atoms with van der Waals surface area (Å²) >= 11 is 0. The molecule has 0 atom stereocenters. The van der Waals surface area contributed by atoms with Crippen LogP contribution in [0.15, 0.2) is 72.8 Å². The van der Waals surface area contributed by atoms with Gasteiger partial charge in [-0.25, -0.2) is 0 Å². The summed E-state index contributed by atoms with van der Waals surface area (Å²) in [5.74, 6) is 0. The number of hydrogen-bond donors (Lipinski definition) is 4. The molecular weight excluding hydrogens is 296 g/mol. The van der Waals surface area contributed by atoms with E-state index in [4.69, 9.17) is 22.9 Å². The smallest absolute Gasteiger partial charge is 0.0414 e. The van der Waals surface area contributed by atoms with Gasteiger partial charge in [-0.05, 0) is 35.0 Å². The largest absolute Gasteiger partial charge is 0.399 e. The average Bonchev–Trinajstić information content (AvgIpc) is 2.55. The van der Waals surface area contributed by atoms with Gasteiger partial charge in [0.2, 0.25) is 0 Å². The Balaban J connectivity index is 0.000000141. The number of nitrogens with two attached hydrogens (primary N) is 4. The Bertz CT molecular complexity index is 971. The molecule has 0 aliphatic heterocycles. The molecule has 4 aromatic rings. The lowest BCUT2D eigenvalue weighted by atomic mass is 10.1. The van der Waals surface area contributed by atoms with Crippen molar-refractivity contribution in [3.8, 4) is 0 Å². The van der Waals surface area contributed by atoms with Crippen LogP contribution in [-0.2, 0) is 0 Å². The van der Waals surface area contributed by atoms with Crippen molar-refractivity contribution >= 4 is 44.3 Å². The molecule has 4 heteroatoms. The minimum atomic E-state index is 0.714. The van der Waals surface area contributed by atoms with Gasteiger partial charge in [-0.15, -0.1) is 0 Å². The molecule has 4 aromatic carbocycles. The van der Waals surface area contributed by atoms with E-state index >= 15 is 0 Å². The van der Waals surface area contributed by atoms with Crippen LogP contribution in [0.25, 0.3) is 21.5 Å². The predicted molar refractivity (Wildman–Crippen MR) is 106 cm³/mol. The first-order chi connectivity index (χ1) is 11.6. The molecule has 0 aliphatic carbocycles. The fourth-order valence-corrected chi connectivity index (χ4v) is 2.76. The molecule has 0 radical (unpaired) electrons. The number of benzene rings is 4. The van der Waals surface area contributed by atoms with Gasteiger partial charge in [0.05, 0.1) is 0 Å². The van der Waals surface area contributed by atoms with E-state index in [1.165, 1.54) is 0 Å². The zero-order chi connectivity index (χ0) is 17.1. The van der Waals surface area contributed by atoms with Gasteiger partial charge in [0.25, 0.3) is 0 Å². The third-order valence-electron chi connectivity index (χ3n) is 3.89. The van der Waals surface area contributed by atoms with E-state index in [9.17, 15) is 0 Å². The molecule has 0 spiro atoms. The monoisotopic (exact) mass is 316 g/mol. The predicted octanol–water partition coefficient (Wildman–Crippen LogP) is 4.01.